The Balaban J connectivity index is 0.000000325. The lowest BCUT2D eigenvalue weighted by atomic mass is 9.90. The fraction of sp³-hybridized carbons (Fsp3) is 0.262. The zero-order valence-electron chi connectivity index (χ0n) is 31.9. The van der Waals surface area contributed by atoms with E-state index in [-0.39, 0.29) is 20.4 Å². The monoisotopic (exact) mass is 704 g/mol. The summed E-state index contributed by atoms with van der Waals surface area (Å²) in [5, 5.41) is 20.3. The molecular weight excluding hydrogens is 652 g/mol. The molecule has 10 heteroatoms. The van der Waals surface area contributed by atoms with Gasteiger partial charge in [0, 0.05) is 52.5 Å². The summed E-state index contributed by atoms with van der Waals surface area (Å²) in [7, 11) is 5.51. The van der Waals surface area contributed by atoms with Crippen molar-refractivity contribution in [3.63, 3.8) is 0 Å². The van der Waals surface area contributed by atoms with E-state index >= 15 is 0 Å². The number of benzene rings is 4. The number of aromatic carboxylic acids is 1. The Hall–Kier alpha value is -5.77. The summed E-state index contributed by atoms with van der Waals surface area (Å²) in [4.78, 5) is 14.3. The minimum atomic E-state index is -0.938. The number of aryl methyl sites for hydroxylation is 2. The van der Waals surface area contributed by atoms with Gasteiger partial charge in [0.25, 0.3) is 0 Å². The van der Waals surface area contributed by atoms with Crippen LogP contribution in [0.15, 0.2) is 112 Å². The Morgan fingerprint density at radius 3 is 2.19 bits per heavy atom. The molecule has 2 aliphatic rings. The van der Waals surface area contributed by atoms with Crippen LogP contribution in [0, 0.1) is 14.9 Å². The molecule has 0 fully saturated rings. The van der Waals surface area contributed by atoms with Gasteiger partial charge in [0.05, 0.1) is 45.2 Å². The summed E-state index contributed by atoms with van der Waals surface area (Å²) >= 11 is 0. The van der Waals surface area contributed by atoms with Crippen molar-refractivity contribution in [3.8, 4) is 28.2 Å². The number of imidazole rings is 1. The van der Waals surface area contributed by atoms with E-state index in [1.807, 2.05) is 72.0 Å². The Kier molecular flexibility index (Phi) is 14.4. The molecule has 4 aromatic rings. The van der Waals surface area contributed by atoms with E-state index in [1.54, 1.807) is 19.2 Å². The van der Waals surface area contributed by atoms with E-state index in [9.17, 15) is 9.90 Å². The highest BCUT2D eigenvalue weighted by Crippen LogP contribution is 2.42. The van der Waals surface area contributed by atoms with Crippen LogP contribution < -0.4 is 24.1 Å². The molecule has 0 radical (unpaired) electrons. The minimum absolute atomic E-state index is 0. The summed E-state index contributed by atoms with van der Waals surface area (Å²) in [5.41, 5.74) is 5.41. The van der Waals surface area contributed by atoms with Crippen LogP contribution in [-0.2, 0) is 14.1 Å². The molecule has 6 rings (SSSR count). The molecule has 0 unspecified atom stereocenters. The SMILES string of the molecule is CCN(CC)c1ccc2c(-c3ccccc3C(=O)O)c3ccc(=[N+](CC)CC)cc-3oc2c1.COc1ccc(N=Nc2n(C)cc[n+]2C)cc1.[CH3-].[CH3-]. The van der Waals surface area contributed by atoms with E-state index in [4.69, 9.17) is 9.15 Å². The zero-order valence-corrected chi connectivity index (χ0v) is 31.9. The minimum Gasteiger partial charge on any atom is -0.497 e. The van der Waals surface area contributed by atoms with Crippen molar-refractivity contribution in [1.29, 1.82) is 0 Å². The number of hydrogen-bond acceptors (Lipinski definition) is 6. The van der Waals surface area contributed by atoms with Gasteiger partial charge in [-0.15, -0.1) is 0 Å². The number of carboxylic acids is 1. The molecule has 1 aromatic heterocycles. The number of azo groups is 1. The van der Waals surface area contributed by atoms with E-state index in [0.29, 0.717) is 5.56 Å². The van der Waals surface area contributed by atoms with Gasteiger partial charge in [-0.25, -0.2) is 18.5 Å². The maximum atomic E-state index is 12.1. The van der Waals surface area contributed by atoms with Gasteiger partial charge in [-0.3, -0.25) is 0 Å². The third-order valence-corrected chi connectivity index (χ3v) is 8.85. The van der Waals surface area contributed by atoms with Gasteiger partial charge >= 0.3 is 11.9 Å². The van der Waals surface area contributed by atoms with Crippen molar-refractivity contribution in [2.75, 3.05) is 38.2 Å². The second-order valence-corrected chi connectivity index (χ2v) is 11.8. The molecule has 274 valence electrons. The zero-order chi connectivity index (χ0) is 35.8. The fourth-order valence-corrected chi connectivity index (χ4v) is 6.09. The first-order chi connectivity index (χ1) is 24.2. The van der Waals surface area contributed by atoms with Crippen molar-refractivity contribution >= 4 is 34.3 Å². The Morgan fingerprint density at radius 1 is 0.904 bits per heavy atom. The van der Waals surface area contributed by atoms with Crippen LogP contribution in [0.25, 0.3) is 33.4 Å². The van der Waals surface area contributed by atoms with Crippen LogP contribution in [0.2, 0.25) is 0 Å². The second-order valence-electron chi connectivity index (χ2n) is 11.8. The van der Waals surface area contributed by atoms with Crippen LogP contribution in [0.5, 0.6) is 5.75 Å². The first-order valence-corrected chi connectivity index (χ1v) is 17.0. The van der Waals surface area contributed by atoms with E-state index in [1.165, 1.54) is 0 Å². The average molecular weight is 705 g/mol. The Labute approximate surface area is 307 Å². The molecule has 52 heavy (non-hydrogen) atoms. The quantitative estimate of drug-likeness (QED) is 0.0666. The van der Waals surface area contributed by atoms with Crippen molar-refractivity contribution in [3.05, 3.63) is 123 Å². The predicted molar refractivity (Wildman–Crippen MR) is 212 cm³/mol. The number of carboxylic acid groups (broad SMARTS) is 1. The standard InChI is InChI=1S/C28H30N2O3.C12H15N4O.2CH3/c1-5-29(6-2)19-13-15-23-25(17-19)33-26-18-20(30(7-3)8-4)14-16-24(26)27(23)21-11-9-10-12-22(21)28(31)32;1-15-8-9-16(2)12(15)14-13-10-4-6-11(17-3)7-5-10;;/h9-18H,5-8H2,1-4H3;4-9H,1-3H3;2*1H3/q;+1;2*-1/p+1. The topological polar surface area (TPSA) is 99.4 Å². The third-order valence-electron chi connectivity index (χ3n) is 8.85. The number of carbonyl (C=O) groups is 1. The van der Waals surface area contributed by atoms with Crippen molar-refractivity contribution in [1.82, 2.24) is 9.14 Å². The lowest BCUT2D eigenvalue weighted by Gasteiger charge is -2.22. The maximum absolute atomic E-state index is 12.1. The number of hydrogen-bond donors (Lipinski definition) is 1. The average Bonchev–Trinajstić information content (AvgIpc) is 3.46. The van der Waals surface area contributed by atoms with Crippen molar-refractivity contribution in [2.24, 2.45) is 24.3 Å². The molecule has 0 saturated carbocycles. The van der Waals surface area contributed by atoms with Crippen LogP contribution in [0.3, 0.4) is 0 Å². The summed E-state index contributed by atoms with van der Waals surface area (Å²) in [5.74, 6) is 1.42. The second kappa shape index (κ2) is 18.5. The number of aromatic nitrogens is 2. The van der Waals surface area contributed by atoms with Gasteiger partial charge in [0.2, 0.25) is 5.36 Å². The number of anilines is 1. The van der Waals surface area contributed by atoms with Crippen LogP contribution >= 0.6 is 0 Å². The van der Waals surface area contributed by atoms with E-state index in [0.717, 1.165) is 82.5 Å². The highest BCUT2D eigenvalue weighted by atomic mass is 16.5. The molecule has 0 saturated heterocycles. The summed E-state index contributed by atoms with van der Waals surface area (Å²) in [6.07, 6.45) is 3.87. The maximum Gasteiger partial charge on any atom is 0.421 e. The molecule has 0 amide bonds. The fourth-order valence-electron chi connectivity index (χ4n) is 6.09. The van der Waals surface area contributed by atoms with Crippen molar-refractivity contribution in [2.45, 2.75) is 27.7 Å². The summed E-state index contributed by atoms with van der Waals surface area (Å²) in [6, 6.07) is 27.1. The molecule has 0 spiro atoms. The molecule has 1 aliphatic heterocycles. The largest absolute Gasteiger partial charge is 0.497 e. The van der Waals surface area contributed by atoms with Crippen LogP contribution in [0.4, 0.5) is 17.3 Å². The third kappa shape index (κ3) is 8.74. The highest BCUT2D eigenvalue weighted by Gasteiger charge is 2.22. The lowest BCUT2D eigenvalue weighted by molar-refractivity contribution is -0.657. The smallest absolute Gasteiger partial charge is 0.421 e. The Morgan fingerprint density at radius 2 is 1.60 bits per heavy atom. The molecule has 0 bridgehead atoms. The van der Waals surface area contributed by atoms with E-state index in [2.05, 4.69) is 83.8 Å². The van der Waals surface area contributed by atoms with Gasteiger partial charge in [0.15, 0.2) is 0 Å². The number of fused-ring (bicyclic) bond motifs is 2. The van der Waals surface area contributed by atoms with Gasteiger partial charge in [-0.05, 0) is 81.8 Å². The van der Waals surface area contributed by atoms with Crippen LogP contribution in [0.1, 0.15) is 38.1 Å². The normalized spacial score (nSPS) is 10.7. The van der Waals surface area contributed by atoms with E-state index < -0.39 is 5.97 Å². The molecule has 1 aliphatic carbocycles. The first-order valence-electron chi connectivity index (χ1n) is 17.0. The first kappa shape index (κ1) is 40.7. The number of ether oxygens (including phenoxy) is 1. The summed E-state index contributed by atoms with van der Waals surface area (Å²) < 4.78 is 17.6. The number of methoxy groups -OCH3 is 1. The molecule has 3 aromatic carbocycles. The van der Waals surface area contributed by atoms with Crippen molar-refractivity contribution < 1.29 is 23.6 Å². The van der Waals surface area contributed by atoms with Gasteiger partial charge in [0.1, 0.15) is 35.9 Å². The molecule has 0 atom stereocenters. The Bertz CT molecular complexity index is 2130. The lowest BCUT2D eigenvalue weighted by Crippen LogP contribution is -2.29. The van der Waals surface area contributed by atoms with Gasteiger partial charge in [-0.1, -0.05) is 23.3 Å². The number of nitrogens with zero attached hydrogens (tertiary/aromatic N) is 6. The number of rotatable bonds is 10. The highest BCUT2D eigenvalue weighted by molar-refractivity contribution is 6.07. The van der Waals surface area contributed by atoms with Gasteiger partial charge in [-0.2, -0.15) is 0 Å². The molecule has 10 nitrogen and oxygen atoms in total. The predicted octanol–water partition coefficient (Wildman–Crippen LogP) is 8.74. The summed E-state index contributed by atoms with van der Waals surface area (Å²) in [6.45, 7) is 12.1. The van der Waals surface area contributed by atoms with Crippen LogP contribution in [-0.4, -0.2) is 48.9 Å². The molecule has 1 N–H and O–H groups in total. The molecular formula is C42H52N6O4. The molecule has 2 heterocycles. The van der Waals surface area contributed by atoms with Gasteiger partial charge < -0.3 is 34.0 Å².